The highest BCUT2D eigenvalue weighted by Gasteiger charge is 2.22. The molecule has 0 bridgehead atoms. The van der Waals surface area contributed by atoms with Gasteiger partial charge in [-0.25, -0.2) is 4.79 Å². The maximum absolute atomic E-state index is 12.1. The van der Waals surface area contributed by atoms with Crippen LogP contribution in [0.3, 0.4) is 0 Å². The lowest BCUT2D eigenvalue weighted by atomic mass is 9.97. The van der Waals surface area contributed by atoms with E-state index >= 15 is 0 Å². The van der Waals surface area contributed by atoms with E-state index in [2.05, 4.69) is 5.32 Å². The minimum atomic E-state index is -0.869. The van der Waals surface area contributed by atoms with Crippen LogP contribution < -0.4 is 5.32 Å². The van der Waals surface area contributed by atoms with Gasteiger partial charge in [0, 0.05) is 26.2 Å². The van der Waals surface area contributed by atoms with Gasteiger partial charge in [0.15, 0.2) is 0 Å². The smallest absolute Gasteiger partial charge is 0.317 e. The summed E-state index contributed by atoms with van der Waals surface area (Å²) in [7, 11) is 1.58. The molecule has 2 N–H and O–H groups in total. The second kappa shape index (κ2) is 9.58. The first-order valence-electron chi connectivity index (χ1n) is 7.05. The van der Waals surface area contributed by atoms with Crippen molar-refractivity contribution in [1.82, 2.24) is 10.2 Å². The second-order valence-electron chi connectivity index (χ2n) is 5.63. The number of carbonyl (C=O) groups is 2. The van der Waals surface area contributed by atoms with Gasteiger partial charge in [-0.05, 0) is 26.2 Å². The summed E-state index contributed by atoms with van der Waals surface area (Å²) in [4.78, 5) is 24.8. The number of amides is 2. The third-order valence-electron chi connectivity index (χ3n) is 3.03. The lowest BCUT2D eigenvalue weighted by Gasteiger charge is -2.27. The lowest BCUT2D eigenvalue weighted by molar-refractivity contribution is -0.142. The Morgan fingerprint density at radius 3 is 2.25 bits per heavy atom. The molecule has 0 aromatic carbocycles. The molecule has 0 heterocycles. The number of nitrogens with one attached hydrogen (secondary N) is 1. The summed E-state index contributed by atoms with van der Waals surface area (Å²) in [5.41, 5.74) is 0. The van der Waals surface area contributed by atoms with Crippen molar-refractivity contribution < 1.29 is 19.4 Å². The number of hydrogen-bond acceptors (Lipinski definition) is 3. The molecule has 118 valence electrons. The maximum Gasteiger partial charge on any atom is 0.317 e. The van der Waals surface area contributed by atoms with Crippen LogP contribution in [-0.4, -0.2) is 54.9 Å². The highest BCUT2D eigenvalue weighted by atomic mass is 16.5. The van der Waals surface area contributed by atoms with E-state index in [0.717, 1.165) is 0 Å². The minimum Gasteiger partial charge on any atom is -0.481 e. The zero-order chi connectivity index (χ0) is 15.7. The Hall–Kier alpha value is -1.30. The molecule has 0 aliphatic rings. The number of methoxy groups -OCH3 is 1. The van der Waals surface area contributed by atoms with Crippen LogP contribution in [0, 0.1) is 11.8 Å². The number of carboxylic acids is 1. The van der Waals surface area contributed by atoms with Gasteiger partial charge >= 0.3 is 12.0 Å². The summed E-state index contributed by atoms with van der Waals surface area (Å²) in [6, 6.07) is -0.203. The predicted octanol–water partition coefficient (Wildman–Crippen LogP) is 1.80. The van der Waals surface area contributed by atoms with E-state index in [1.807, 2.05) is 27.7 Å². The highest BCUT2D eigenvalue weighted by molar-refractivity contribution is 5.76. The number of nitrogens with zero attached hydrogens (tertiary/aromatic N) is 1. The summed E-state index contributed by atoms with van der Waals surface area (Å²) >= 11 is 0. The SMILES string of the molecule is COCCN(C(=O)NCC(CC(C)C)C(=O)O)C(C)C. The second-order valence-corrected chi connectivity index (χ2v) is 5.63. The van der Waals surface area contributed by atoms with E-state index in [-0.39, 0.29) is 24.5 Å². The molecule has 0 saturated carbocycles. The van der Waals surface area contributed by atoms with Crippen LogP contribution in [0.2, 0.25) is 0 Å². The molecule has 2 amide bonds. The Morgan fingerprint density at radius 2 is 1.85 bits per heavy atom. The summed E-state index contributed by atoms with van der Waals surface area (Å²) < 4.78 is 4.97. The average molecular weight is 288 g/mol. The van der Waals surface area contributed by atoms with Crippen molar-refractivity contribution in [3.63, 3.8) is 0 Å². The monoisotopic (exact) mass is 288 g/mol. The van der Waals surface area contributed by atoms with Crippen LogP contribution in [0.4, 0.5) is 4.79 Å². The van der Waals surface area contributed by atoms with Crippen molar-refractivity contribution in [2.24, 2.45) is 11.8 Å². The number of rotatable bonds is 9. The number of hydrogen-bond donors (Lipinski definition) is 2. The molecule has 0 aliphatic heterocycles. The van der Waals surface area contributed by atoms with E-state index in [9.17, 15) is 9.59 Å². The first-order chi connectivity index (χ1) is 9.29. The minimum absolute atomic E-state index is 0.0403. The number of ether oxygens (including phenoxy) is 1. The zero-order valence-corrected chi connectivity index (χ0v) is 13.2. The Balaban J connectivity index is 4.43. The highest BCUT2D eigenvalue weighted by Crippen LogP contribution is 2.11. The van der Waals surface area contributed by atoms with Gasteiger partial charge in [-0.1, -0.05) is 13.8 Å². The zero-order valence-electron chi connectivity index (χ0n) is 13.2. The van der Waals surface area contributed by atoms with Crippen LogP contribution >= 0.6 is 0 Å². The van der Waals surface area contributed by atoms with Crippen molar-refractivity contribution in [1.29, 1.82) is 0 Å². The molecule has 20 heavy (non-hydrogen) atoms. The number of urea groups is 1. The average Bonchev–Trinajstić information content (AvgIpc) is 2.33. The molecule has 0 saturated heterocycles. The van der Waals surface area contributed by atoms with Crippen LogP contribution in [-0.2, 0) is 9.53 Å². The molecule has 0 spiro atoms. The largest absolute Gasteiger partial charge is 0.481 e. The number of carbonyl (C=O) groups excluding carboxylic acids is 1. The standard InChI is InChI=1S/C14H28N2O4/c1-10(2)8-12(13(17)18)9-15-14(19)16(11(3)4)6-7-20-5/h10-12H,6-9H2,1-5H3,(H,15,19)(H,17,18). The third kappa shape index (κ3) is 7.33. The van der Waals surface area contributed by atoms with Crippen LogP contribution in [0.1, 0.15) is 34.1 Å². The Kier molecular flexibility index (Phi) is 8.96. The van der Waals surface area contributed by atoms with Crippen LogP contribution in [0.15, 0.2) is 0 Å². The van der Waals surface area contributed by atoms with Crippen molar-refractivity contribution in [3.8, 4) is 0 Å². The van der Waals surface area contributed by atoms with E-state index in [4.69, 9.17) is 9.84 Å². The van der Waals surface area contributed by atoms with Crippen molar-refractivity contribution in [3.05, 3.63) is 0 Å². The van der Waals surface area contributed by atoms with E-state index in [0.29, 0.717) is 19.6 Å². The molecule has 0 aromatic rings. The maximum atomic E-state index is 12.1. The fourth-order valence-electron chi connectivity index (χ4n) is 1.94. The first-order valence-corrected chi connectivity index (χ1v) is 7.05. The number of aliphatic carboxylic acids is 1. The van der Waals surface area contributed by atoms with Gasteiger partial charge < -0.3 is 20.1 Å². The Morgan fingerprint density at radius 1 is 1.25 bits per heavy atom. The van der Waals surface area contributed by atoms with Gasteiger partial charge in [0.2, 0.25) is 0 Å². The predicted molar refractivity (Wildman–Crippen MR) is 77.7 cm³/mol. The van der Waals surface area contributed by atoms with Gasteiger partial charge in [-0.15, -0.1) is 0 Å². The third-order valence-corrected chi connectivity index (χ3v) is 3.03. The summed E-state index contributed by atoms with van der Waals surface area (Å²) in [5, 5.41) is 11.8. The van der Waals surface area contributed by atoms with Gasteiger partial charge in [0.05, 0.1) is 12.5 Å². The molecule has 6 nitrogen and oxygen atoms in total. The molecular formula is C14H28N2O4. The molecule has 0 aromatic heterocycles. The van der Waals surface area contributed by atoms with Crippen molar-refractivity contribution >= 4 is 12.0 Å². The Labute approximate surface area is 121 Å². The molecule has 1 atom stereocenters. The molecule has 0 rings (SSSR count). The fourth-order valence-corrected chi connectivity index (χ4v) is 1.94. The molecule has 6 heteroatoms. The van der Waals surface area contributed by atoms with Gasteiger partial charge in [-0.3, -0.25) is 4.79 Å². The fraction of sp³-hybridized carbons (Fsp3) is 0.857. The lowest BCUT2D eigenvalue weighted by Crippen LogP contribution is -2.47. The summed E-state index contributed by atoms with van der Waals surface area (Å²) in [5.74, 6) is -1.13. The molecule has 1 unspecified atom stereocenters. The normalized spacial score (nSPS) is 12.6. The summed E-state index contributed by atoms with van der Waals surface area (Å²) in [6.07, 6.45) is 0.551. The van der Waals surface area contributed by atoms with Crippen LogP contribution in [0.25, 0.3) is 0 Å². The molecular weight excluding hydrogens is 260 g/mol. The van der Waals surface area contributed by atoms with Gasteiger partial charge in [0.1, 0.15) is 0 Å². The van der Waals surface area contributed by atoms with Crippen molar-refractivity contribution in [2.45, 2.75) is 40.2 Å². The first kappa shape index (κ1) is 18.7. The molecule has 0 radical (unpaired) electrons. The van der Waals surface area contributed by atoms with Crippen molar-refractivity contribution in [2.75, 3.05) is 26.8 Å². The van der Waals surface area contributed by atoms with E-state index < -0.39 is 11.9 Å². The van der Waals surface area contributed by atoms with Gasteiger partial charge in [-0.2, -0.15) is 0 Å². The Bertz CT molecular complexity index is 306. The quantitative estimate of drug-likeness (QED) is 0.678. The van der Waals surface area contributed by atoms with Gasteiger partial charge in [0.25, 0.3) is 0 Å². The summed E-state index contributed by atoms with van der Waals surface area (Å²) in [6.45, 7) is 8.87. The molecule has 0 aliphatic carbocycles. The number of carboxylic acid groups (broad SMARTS) is 1. The van der Waals surface area contributed by atoms with E-state index in [1.54, 1.807) is 12.0 Å². The van der Waals surface area contributed by atoms with Crippen LogP contribution in [0.5, 0.6) is 0 Å². The molecule has 0 fully saturated rings. The topological polar surface area (TPSA) is 78.9 Å². The van der Waals surface area contributed by atoms with E-state index in [1.165, 1.54) is 0 Å².